The first-order chi connectivity index (χ1) is 11.2. The number of nitriles is 1. The van der Waals surface area contributed by atoms with Gasteiger partial charge in [-0.3, -0.25) is 4.79 Å². The Hall–Kier alpha value is -0.703. The molecule has 0 N–H and O–H groups in total. The van der Waals surface area contributed by atoms with E-state index in [1.165, 1.54) is 0 Å². The van der Waals surface area contributed by atoms with E-state index in [2.05, 4.69) is 53.8 Å². The molecule has 25 heavy (non-hydrogen) atoms. The third kappa shape index (κ3) is 3.46. The van der Waals surface area contributed by atoms with Crippen molar-refractivity contribution >= 4 is 14.1 Å². The van der Waals surface area contributed by atoms with Gasteiger partial charge >= 0.3 is 0 Å². The molecule has 0 aromatic heterocycles. The monoisotopic (exact) mass is 365 g/mol. The number of ketones is 1. The number of fused-ring (bicyclic) bond motifs is 1. The quantitative estimate of drug-likeness (QED) is 0.666. The number of carbonyl (C=O) groups is 1. The Balaban J connectivity index is 2.31. The second-order valence-electron chi connectivity index (χ2n) is 10.5. The lowest BCUT2D eigenvalue weighted by Crippen LogP contribution is -2.63. The first-order valence-electron chi connectivity index (χ1n) is 9.43. The zero-order chi connectivity index (χ0) is 19.4. The molecule has 5 heteroatoms. The van der Waals surface area contributed by atoms with Gasteiger partial charge in [-0.15, -0.1) is 0 Å². The van der Waals surface area contributed by atoms with E-state index in [1.807, 2.05) is 13.8 Å². The average Bonchev–Trinajstić information content (AvgIpc) is 2.45. The van der Waals surface area contributed by atoms with Gasteiger partial charge in [0.1, 0.15) is 5.92 Å². The van der Waals surface area contributed by atoms with Crippen molar-refractivity contribution in [1.29, 1.82) is 5.26 Å². The van der Waals surface area contributed by atoms with Gasteiger partial charge in [-0.2, -0.15) is 5.26 Å². The number of ether oxygens (including phenoxy) is 1. The van der Waals surface area contributed by atoms with E-state index in [0.717, 1.165) is 6.42 Å². The van der Waals surface area contributed by atoms with Gasteiger partial charge in [0.25, 0.3) is 0 Å². The summed E-state index contributed by atoms with van der Waals surface area (Å²) in [5.41, 5.74) is -0.846. The SMILES string of the molecule is CC1O[C@@H]2C(C)(CC(C#N)C(=O)C2(C)C)CC1O[Si](C)(C)C(C)(C)C. The van der Waals surface area contributed by atoms with Crippen LogP contribution in [0, 0.1) is 28.1 Å². The van der Waals surface area contributed by atoms with Crippen LogP contribution < -0.4 is 0 Å². The number of carbonyl (C=O) groups excluding carboxylic acids is 1. The fourth-order valence-corrected chi connectivity index (χ4v) is 5.75. The van der Waals surface area contributed by atoms with E-state index in [-0.39, 0.29) is 34.5 Å². The molecule has 1 aliphatic carbocycles. The zero-order valence-corrected chi connectivity index (χ0v) is 18.4. The lowest BCUT2D eigenvalue weighted by atomic mass is 9.55. The third-order valence-corrected chi connectivity index (χ3v) is 11.4. The van der Waals surface area contributed by atoms with Crippen molar-refractivity contribution in [3.8, 4) is 6.07 Å². The Morgan fingerprint density at radius 3 is 2.28 bits per heavy atom. The van der Waals surface area contributed by atoms with Crippen LogP contribution in [0.25, 0.3) is 0 Å². The van der Waals surface area contributed by atoms with Crippen molar-refractivity contribution in [2.75, 3.05) is 0 Å². The lowest BCUT2D eigenvalue weighted by Gasteiger charge is -2.57. The maximum Gasteiger partial charge on any atom is 0.192 e. The Labute approximate surface area is 154 Å². The molecule has 1 saturated carbocycles. The molecule has 1 aliphatic heterocycles. The van der Waals surface area contributed by atoms with Crippen molar-refractivity contribution in [1.82, 2.24) is 0 Å². The van der Waals surface area contributed by atoms with Gasteiger partial charge < -0.3 is 9.16 Å². The maximum atomic E-state index is 12.7. The van der Waals surface area contributed by atoms with Crippen molar-refractivity contribution in [2.45, 2.75) is 97.8 Å². The fourth-order valence-electron chi connectivity index (χ4n) is 4.37. The average molecular weight is 366 g/mol. The summed E-state index contributed by atoms with van der Waals surface area (Å²) >= 11 is 0. The predicted molar refractivity (Wildman–Crippen MR) is 102 cm³/mol. The van der Waals surface area contributed by atoms with Crippen molar-refractivity contribution in [3.05, 3.63) is 0 Å². The van der Waals surface area contributed by atoms with Gasteiger partial charge in [0.2, 0.25) is 0 Å². The molecule has 0 aromatic carbocycles. The van der Waals surface area contributed by atoms with E-state index in [0.29, 0.717) is 6.42 Å². The summed E-state index contributed by atoms with van der Waals surface area (Å²) in [6, 6.07) is 2.23. The highest BCUT2D eigenvalue weighted by Gasteiger charge is 2.60. The minimum atomic E-state index is -1.91. The van der Waals surface area contributed by atoms with E-state index in [9.17, 15) is 10.1 Å². The van der Waals surface area contributed by atoms with E-state index in [1.54, 1.807) is 0 Å². The van der Waals surface area contributed by atoms with Gasteiger partial charge in [0.05, 0.1) is 29.8 Å². The molecule has 1 saturated heterocycles. The molecular formula is C20H35NO3Si. The second kappa shape index (κ2) is 6.18. The van der Waals surface area contributed by atoms with E-state index >= 15 is 0 Å². The van der Waals surface area contributed by atoms with Crippen LogP contribution in [-0.2, 0) is 14.0 Å². The number of hydrogen-bond donors (Lipinski definition) is 0. The summed E-state index contributed by atoms with van der Waals surface area (Å²) in [7, 11) is -1.91. The molecule has 4 unspecified atom stereocenters. The van der Waals surface area contributed by atoms with Crippen LogP contribution in [0.3, 0.4) is 0 Å². The summed E-state index contributed by atoms with van der Waals surface area (Å²) in [4.78, 5) is 12.7. The fraction of sp³-hybridized carbons (Fsp3) is 0.900. The molecule has 0 radical (unpaired) electrons. The van der Waals surface area contributed by atoms with E-state index in [4.69, 9.17) is 9.16 Å². The maximum absolute atomic E-state index is 12.7. The third-order valence-electron chi connectivity index (χ3n) is 6.86. The minimum absolute atomic E-state index is 0.0190. The Morgan fingerprint density at radius 2 is 1.80 bits per heavy atom. The minimum Gasteiger partial charge on any atom is -0.411 e. The highest BCUT2D eigenvalue weighted by Crippen LogP contribution is 2.54. The van der Waals surface area contributed by atoms with Crippen LogP contribution in [-0.4, -0.2) is 32.4 Å². The molecule has 0 amide bonds. The lowest BCUT2D eigenvalue weighted by molar-refractivity contribution is -0.219. The van der Waals surface area contributed by atoms with Gasteiger partial charge in [-0.1, -0.05) is 41.5 Å². The standard InChI is InChI=1S/C20H35NO3Si/c1-13-15(24-25(8,9)18(2,3)4)11-20(7)10-14(12-21)16(22)19(5,6)17(20)23-13/h13-15,17H,10-11H2,1-9H3/t13?,14?,15?,17-,20?/m0/s1. The van der Waals surface area contributed by atoms with Gasteiger partial charge in [-0.25, -0.2) is 0 Å². The van der Waals surface area contributed by atoms with Crippen LogP contribution in [0.2, 0.25) is 18.1 Å². The van der Waals surface area contributed by atoms with Crippen molar-refractivity contribution in [3.63, 3.8) is 0 Å². The van der Waals surface area contributed by atoms with Crippen LogP contribution in [0.4, 0.5) is 0 Å². The largest absolute Gasteiger partial charge is 0.411 e. The Kier molecular flexibility index (Phi) is 5.09. The van der Waals surface area contributed by atoms with Crippen LogP contribution in [0.5, 0.6) is 0 Å². The van der Waals surface area contributed by atoms with Crippen molar-refractivity contribution < 1.29 is 14.0 Å². The predicted octanol–water partition coefficient (Wildman–Crippen LogP) is 4.70. The molecule has 5 atom stereocenters. The normalized spacial score (nSPS) is 38.8. The summed E-state index contributed by atoms with van der Waals surface area (Å²) in [6.07, 6.45) is 1.23. The highest BCUT2D eigenvalue weighted by molar-refractivity contribution is 6.74. The summed E-state index contributed by atoms with van der Waals surface area (Å²) < 4.78 is 13.1. The smallest absolute Gasteiger partial charge is 0.192 e. The zero-order valence-electron chi connectivity index (χ0n) is 17.4. The van der Waals surface area contributed by atoms with Crippen molar-refractivity contribution in [2.24, 2.45) is 16.7 Å². The molecule has 0 aromatic rings. The molecule has 2 rings (SSSR count). The molecule has 0 bridgehead atoms. The molecule has 2 fully saturated rings. The summed E-state index contributed by atoms with van der Waals surface area (Å²) in [5.74, 6) is -0.518. The van der Waals surface area contributed by atoms with Crippen LogP contribution >= 0.6 is 0 Å². The van der Waals surface area contributed by atoms with Gasteiger partial charge in [0.15, 0.2) is 14.1 Å². The number of rotatable bonds is 2. The van der Waals surface area contributed by atoms with Crippen LogP contribution in [0.15, 0.2) is 0 Å². The van der Waals surface area contributed by atoms with Crippen LogP contribution in [0.1, 0.15) is 61.3 Å². The highest BCUT2D eigenvalue weighted by atomic mass is 28.4. The molecule has 1 heterocycles. The Bertz CT molecular complexity index is 587. The summed E-state index contributed by atoms with van der Waals surface area (Å²) in [5, 5.41) is 9.61. The molecule has 4 nitrogen and oxygen atoms in total. The topological polar surface area (TPSA) is 59.3 Å². The molecular weight excluding hydrogens is 330 g/mol. The number of nitrogens with zero attached hydrogens (tertiary/aromatic N) is 1. The Morgan fingerprint density at radius 1 is 1.24 bits per heavy atom. The van der Waals surface area contributed by atoms with E-state index < -0.39 is 19.7 Å². The first kappa shape index (κ1) is 20.6. The first-order valence-corrected chi connectivity index (χ1v) is 12.3. The number of Topliss-reactive ketones (excluding diaryl/α,β-unsaturated/α-hetero) is 1. The molecule has 2 aliphatic rings. The summed E-state index contributed by atoms with van der Waals surface area (Å²) in [6.45, 7) is 19.4. The van der Waals surface area contributed by atoms with Gasteiger partial charge in [-0.05, 0) is 43.3 Å². The second-order valence-corrected chi connectivity index (χ2v) is 15.2. The van der Waals surface area contributed by atoms with Gasteiger partial charge in [0, 0.05) is 0 Å². The number of hydrogen-bond acceptors (Lipinski definition) is 4. The molecule has 142 valence electrons. The molecule has 0 spiro atoms.